The molecule has 86 valence electrons. The molecule has 0 saturated carbocycles. The van der Waals surface area contributed by atoms with Crippen molar-refractivity contribution in [3.63, 3.8) is 0 Å². The van der Waals surface area contributed by atoms with Gasteiger partial charge >= 0.3 is 0 Å². The molecule has 2 atom stereocenters. The summed E-state index contributed by atoms with van der Waals surface area (Å²) in [6, 6.07) is 0. The third kappa shape index (κ3) is 7.60. The fraction of sp³-hybridized carbons (Fsp3) is 1.00. The van der Waals surface area contributed by atoms with Gasteiger partial charge < -0.3 is 9.84 Å². The van der Waals surface area contributed by atoms with Crippen molar-refractivity contribution in [1.29, 1.82) is 0 Å². The number of rotatable bonds is 9. The fourth-order valence-electron chi connectivity index (χ4n) is 1.31. The Morgan fingerprint density at radius 2 is 2.00 bits per heavy atom. The molecule has 0 aromatic carbocycles. The summed E-state index contributed by atoms with van der Waals surface area (Å²) in [5, 5.41) is 9.16. The van der Waals surface area contributed by atoms with Gasteiger partial charge in [-0.05, 0) is 12.3 Å². The van der Waals surface area contributed by atoms with Crippen LogP contribution in [-0.2, 0) is 4.74 Å². The smallest absolute Gasteiger partial charge is 0.0908 e. The molecule has 0 fully saturated rings. The number of ether oxygens (including phenoxy) is 1. The van der Waals surface area contributed by atoms with E-state index in [1.165, 1.54) is 19.3 Å². The first-order valence-corrected chi connectivity index (χ1v) is 6.09. The van der Waals surface area contributed by atoms with Gasteiger partial charge in [-0.3, -0.25) is 0 Å². The zero-order valence-corrected chi connectivity index (χ0v) is 10.1. The van der Waals surface area contributed by atoms with Crippen molar-refractivity contribution in [2.24, 2.45) is 5.92 Å². The van der Waals surface area contributed by atoms with E-state index in [1.54, 1.807) is 0 Å². The molecule has 0 rings (SSSR count). The van der Waals surface area contributed by atoms with Crippen molar-refractivity contribution in [2.75, 3.05) is 19.1 Å². The second-order valence-corrected chi connectivity index (χ2v) is 4.07. The summed E-state index contributed by atoms with van der Waals surface area (Å²) in [4.78, 5) is 0. The first kappa shape index (κ1) is 14.2. The molecular formula is C11H23ClO2. The van der Waals surface area contributed by atoms with Gasteiger partial charge in [0.15, 0.2) is 0 Å². The number of aliphatic hydroxyl groups excluding tert-OH is 1. The van der Waals surface area contributed by atoms with Crippen LogP contribution in [-0.4, -0.2) is 30.3 Å². The first-order chi connectivity index (χ1) is 6.74. The summed E-state index contributed by atoms with van der Waals surface area (Å²) < 4.78 is 5.40. The van der Waals surface area contributed by atoms with Crippen molar-refractivity contribution in [2.45, 2.75) is 45.6 Å². The third-order valence-corrected chi connectivity index (χ3v) is 2.74. The highest BCUT2D eigenvalue weighted by Crippen LogP contribution is 2.12. The van der Waals surface area contributed by atoms with Crippen LogP contribution in [0.1, 0.15) is 39.5 Å². The van der Waals surface area contributed by atoms with Gasteiger partial charge in [0.1, 0.15) is 0 Å². The molecule has 0 spiro atoms. The number of hydrogen-bond acceptors (Lipinski definition) is 2. The van der Waals surface area contributed by atoms with E-state index in [0.717, 1.165) is 13.0 Å². The minimum atomic E-state index is -0.514. The van der Waals surface area contributed by atoms with E-state index in [9.17, 15) is 0 Å². The molecule has 14 heavy (non-hydrogen) atoms. The molecule has 0 saturated heterocycles. The van der Waals surface area contributed by atoms with Crippen LogP contribution < -0.4 is 0 Å². The predicted octanol–water partition coefficient (Wildman–Crippen LogP) is 2.82. The second-order valence-electron chi connectivity index (χ2n) is 3.76. The SMILES string of the molecule is CCCC[C@@H](CC)COC[C@H](O)CCl. The first-order valence-electron chi connectivity index (χ1n) is 5.56. The summed E-state index contributed by atoms with van der Waals surface area (Å²) in [6.07, 6.45) is 4.36. The van der Waals surface area contributed by atoms with Crippen molar-refractivity contribution >= 4 is 11.6 Å². The third-order valence-electron chi connectivity index (χ3n) is 2.39. The van der Waals surface area contributed by atoms with Gasteiger partial charge in [-0.1, -0.05) is 33.1 Å². The zero-order chi connectivity index (χ0) is 10.8. The van der Waals surface area contributed by atoms with Gasteiger partial charge in [0.05, 0.1) is 18.6 Å². The Hall–Kier alpha value is 0.210. The molecule has 0 aliphatic carbocycles. The molecule has 2 nitrogen and oxygen atoms in total. The van der Waals surface area contributed by atoms with Crippen molar-refractivity contribution in [3.05, 3.63) is 0 Å². The highest BCUT2D eigenvalue weighted by molar-refractivity contribution is 6.18. The summed E-state index contributed by atoms with van der Waals surface area (Å²) in [5.74, 6) is 0.892. The molecular weight excluding hydrogens is 200 g/mol. The van der Waals surface area contributed by atoms with Gasteiger partial charge in [0.2, 0.25) is 0 Å². The highest BCUT2D eigenvalue weighted by atomic mass is 35.5. The Balaban J connectivity index is 3.42. The minimum absolute atomic E-state index is 0.256. The quantitative estimate of drug-likeness (QED) is 0.608. The topological polar surface area (TPSA) is 29.5 Å². The van der Waals surface area contributed by atoms with Gasteiger partial charge in [-0.15, -0.1) is 11.6 Å². The van der Waals surface area contributed by atoms with Gasteiger partial charge in [0.25, 0.3) is 0 Å². The minimum Gasteiger partial charge on any atom is -0.389 e. The Morgan fingerprint density at radius 3 is 2.50 bits per heavy atom. The van der Waals surface area contributed by atoms with Gasteiger partial charge in [0, 0.05) is 6.61 Å². The number of hydrogen-bond donors (Lipinski definition) is 1. The second kappa shape index (κ2) is 9.75. The molecule has 0 aromatic rings. The van der Waals surface area contributed by atoms with Crippen molar-refractivity contribution in [1.82, 2.24) is 0 Å². The molecule has 0 amide bonds. The van der Waals surface area contributed by atoms with Crippen molar-refractivity contribution in [3.8, 4) is 0 Å². The molecule has 1 N–H and O–H groups in total. The number of unbranched alkanes of at least 4 members (excludes halogenated alkanes) is 1. The van der Waals surface area contributed by atoms with Crippen LogP contribution in [0, 0.1) is 5.92 Å². The van der Waals surface area contributed by atoms with E-state index in [1.807, 2.05) is 0 Å². The van der Waals surface area contributed by atoms with Gasteiger partial charge in [-0.2, -0.15) is 0 Å². The van der Waals surface area contributed by atoms with E-state index in [2.05, 4.69) is 13.8 Å². The fourth-order valence-corrected chi connectivity index (χ4v) is 1.40. The van der Waals surface area contributed by atoms with Crippen LogP contribution in [0.4, 0.5) is 0 Å². The molecule has 0 aromatic heterocycles. The Bertz CT molecular complexity index is 120. The monoisotopic (exact) mass is 222 g/mol. The molecule has 0 unspecified atom stereocenters. The normalized spacial score (nSPS) is 15.4. The lowest BCUT2D eigenvalue weighted by Crippen LogP contribution is -2.19. The van der Waals surface area contributed by atoms with Crippen LogP contribution in [0.2, 0.25) is 0 Å². The largest absolute Gasteiger partial charge is 0.389 e. The average molecular weight is 223 g/mol. The lowest BCUT2D eigenvalue weighted by molar-refractivity contribution is 0.0282. The van der Waals surface area contributed by atoms with E-state index < -0.39 is 6.10 Å². The van der Waals surface area contributed by atoms with Crippen LogP contribution in [0.3, 0.4) is 0 Å². The molecule has 0 aliphatic heterocycles. The highest BCUT2D eigenvalue weighted by Gasteiger charge is 2.07. The van der Waals surface area contributed by atoms with E-state index in [-0.39, 0.29) is 5.88 Å². The number of aliphatic hydroxyl groups is 1. The van der Waals surface area contributed by atoms with E-state index >= 15 is 0 Å². The van der Waals surface area contributed by atoms with Crippen LogP contribution in [0.15, 0.2) is 0 Å². The van der Waals surface area contributed by atoms with Crippen molar-refractivity contribution < 1.29 is 9.84 Å². The summed E-state index contributed by atoms with van der Waals surface area (Å²) >= 11 is 5.45. The molecule has 3 heteroatoms. The maximum Gasteiger partial charge on any atom is 0.0908 e. The van der Waals surface area contributed by atoms with E-state index in [4.69, 9.17) is 21.4 Å². The number of alkyl halides is 1. The van der Waals surface area contributed by atoms with Crippen LogP contribution in [0.25, 0.3) is 0 Å². The molecule has 0 aliphatic rings. The van der Waals surface area contributed by atoms with E-state index in [0.29, 0.717) is 12.5 Å². The lowest BCUT2D eigenvalue weighted by Gasteiger charge is -2.15. The molecule has 0 bridgehead atoms. The Labute approximate surface area is 92.6 Å². The predicted molar refractivity (Wildman–Crippen MR) is 60.9 cm³/mol. The summed E-state index contributed by atoms with van der Waals surface area (Å²) in [5.41, 5.74) is 0. The Kier molecular flexibility index (Phi) is 9.90. The Morgan fingerprint density at radius 1 is 1.29 bits per heavy atom. The molecule has 0 radical (unpaired) electrons. The van der Waals surface area contributed by atoms with Gasteiger partial charge in [-0.25, -0.2) is 0 Å². The summed E-state index contributed by atoms with van der Waals surface area (Å²) in [6.45, 7) is 5.50. The van der Waals surface area contributed by atoms with Crippen LogP contribution >= 0.6 is 11.6 Å². The average Bonchev–Trinajstić information content (AvgIpc) is 2.22. The molecule has 0 heterocycles. The van der Waals surface area contributed by atoms with Crippen LogP contribution in [0.5, 0.6) is 0 Å². The maximum atomic E-state index is 9.16. The standard InChI is InChI=1S/C11H23ClO2/c1-3-5-6-10(4-2)8-14-9-11(13)7-12/h10-11,13H,3-9H2,1-2H3/t10-,11-/m1/s1. The lowest BCUT2D eigenvalue weighted by atomic mass is 10.0. The number of halogens is 1. The summed E-state index contributed by atoms with van der Waals surface area (Å²) in [7, 11) is 0. The maximum absolute atomic E-state index is 9.16. The zero-order valence-electron chi connectivity index (χ0n) is 9.34.